The minimum atomic E-state index is 0.762. The summed E-state index contributed by atoms with van der Waals surface area (Å²) in [4.78, 5) is 2.41. The van der Waals surface area contributed by atoms with Crippen molar-refractivity contribution < 1.29 is 0 Å². The molecule has 10 heavy (non-hydrogen) atoms. The summed E-state index contributed by atoms with van der Waals surface area (Å²) in [5, 5.41) is 0. The normalized spacial score (nSPS) is 21.0. The maximum Gasteiger partial charge on any atom is 0.00341 e. The zero-order valence-electron chi connectivity index (χ0n) is 6.42. The predicted octanol–water partition coefficient (Wildman–Crippen LogP) is -0.774. The summed E-state index contributed by atoms with van der Waals surface area (Å²) in [6.07, 6.45) is 1.12. The molecule has 1 rings (SSSR count). The molecule has 0 saturated carbocycles. The van der Waals surface area contributed by atoms with Gasteiger partial charge in [-0.25, -0.2) is 0 Å². The Kier molecular flexibility index (Phi) is 3.12. The highest BCUT2D eigenvalue weighted by Gasteiger charge is 2.23. The second kappa shape index (κ2) is 3.91. The van der Waals surface area contributed by atoms with Crippen molar-refractivity contribution in [3.8, 4) is 0 Å². The van der Waals surface area contributed by atoms with Crippen molar-refractivity contribution in [2.75, 3.05) is 32.7 Å². The summed E-state index contributed by atoms with van der Waals surface area (Å²) in [6, 6.07) is 0. The van der Waals surface area contributed by atoms with Crippen LogP contribution in [0.1, 0.15) is 6.42 Å². The molecule has 3 heteroatoms. The maximum absolute atomic E-state index is 5.47. The monoisotopic (exact) mass is 143 g/mol. The van der Waals surface area contributed by atoms with Gasteiger partial charge in [0.2, 0.25) is 0 Å². The van der Waals surface area contributed by atoms with Gasteiger partial charge in [-0.1, -0.05) is 0 Å². The molecule has 0 aromatic heterocycles. The molecule has 0 aromatic carbocycles. The summed E-state index contributed by atoms with van der Waals surface area (Å²) < 4.78 is 0. The van der Waals surface area contributed by atoms with Crippen LogP contribution in [0.4, 0.5) is 0 Å². The Morgan fingerprint density at radius 1 is 1.30 bits per heavy atom. The van der Waals surface area contributed by atoms with E-state index in [1.807, 2.05) is 0 Å². The van der Waals surface area contributed by atoms with Crippen LogP contribution < -0.4 is 11.5 Å². The zero-order chi connectivity index (χ0) is 7.40. The van der Waals surface area contributed by atoms with E-state index >= 15 is 0 Å². The molecular formula is C7H17N3. The summed E-state index contributed by atoms with van der Waals surface area (Å²) >= 11 is 0. The molecule has 1 aliphatic heterocycles. The minimum Gasteiger partial charge on any atom is -0.330 e. The van der Waals surface area contributed by atoms with Gasteiger partial charge in [-0.3, -0.25) is 0 Å². The lowest BCUT2D eigenvalue weighted by Gasteiger charge is -2.38. The number of likely N-dealkylation sites (tertiary alicyclic amines) is 1. The van der Waals surface area contributed by atoms with Gasteiger partial charge in [0.25, 0.3) is 0 Å². The van der Waals surface area contributed by atoms with Crippen LogP contribution in [-0.4, -0.2) is 37.6 Å². The van der Waals surface area contributed by atoms with Crippen molar-refractivity contribution in [3.63, 3.8) is 0 Å². The molecular weight excluding hydrogens is 126 g/mol. The number of hydrogen-bond acceptors (Lipinski definition) is 3. The highest BCUT2D eigenvalue weighted by atomic mass is 15.2. The Morgan fingerprint density at radius 2 is 2.00 bits per heavy atom. The van der Waals surface area contributed by atoms with Gasteiger partial charge >= 0.3 is 0 Å². The molecule has 1 saturated heterocycles. The van der Waals surface area contributed by atoms with Crippen molar-refractivity contribution in [2.45, 2.75) is 6.42 Å². The Labute approximate surface area is 62.4 Å². The quantitative estimate of drug-likeness (QED) is 0.543. The lowest BCUT2D eigenvalue weighted by atomic mass is 10.0. The Hall–Kier alpha value is -0.120. The fourth-order valence-corrected chi connectivity index (χ4v) is 1.32. The standard InChI is InChI=1S/C7H17N3/c8-2-1-3-10-5-7(4-9)6-10/h7H,1-6,8-9H2. The molecule has 60 valence electrons. The van der Waals surface area contributed by atoms with E-state index in [0.29, 0.717) is 0 Å². The number of hydrogen-bond donors (Lipinski definition) is 2. The van der Waals surface area contributed by atoms with Gasteiger partial charge in [-0.15, -0.1) is 0 Å². The average Bonchev–Trinajstić information content (AvgIpc) is 1.86. The molecule has 3 nitrogen and oxygen atoms in total. The molecule has 1 heterocycles. The van der Waals surface area contributed by atoms with Gasteiger partial charge in [0, 0.05) is 13.1 Å². The van der Waals surface area contributed by atoms with E-state index in [4.69, 9.17) is 11.5 Å². The first-order valence-corrected chi connectivity index (χ1v) is 3.99. The molecule has 0 aliphatic carbocycles. The molecule has 0 atom stereocenters. The van der Waals surface area contributed by atoms with Crippen LogP contribution in [0.2, 0.25) is 0 Å². The van der Waals surface area contributed by atoms with Crippen LogP contribution in [0, 0.1) is 5.92 Å². The molecule has 0 bridgehead atoms. The SMILES string of the molecule is NCCCN1CC(CN)C1. The zero-order valence-corrected chi connectivity index (χ0v) is 6.42. The van der Waals surface area contributed by atoms with Gasteiger partial charge in [0.05, 0.1) is 0 Å². The molecule has 1 fully saturated rings. The van der Waals surface area contributed by atoms with Crippen LogP contribution >= 0.6 is 0 Å². The van der Waals surface area contributed by atoms with Crippen LogP contribution in [0.15, 0.2) is 0 Å². The summed E-state index contributed by atoms with van der Waals surface area (Å²) in [5.74, 6) is 0.762. The van der Waals surface area contributed by atoms with Gasteiger partial charge < -0.3 is 16.4 Å². The molecule has 0 radical (unpaired) electrons. The van der Waals surface area contributed by atoms with Crippen LogP contribution in [-0.2, 0) is 0 Å². The Morgan fingerprint density at radius 3 is 2.50 bits per heavy atom. The largest absolute Gasteiger partial charge is 0.330 e. The topological polar surface area (TPSA) is 55.3 Å². The highest BCUT2D eigenvalue weighted by Crippen LogP contribution is 2.12. The van der Waals surface area contributed by atoms with Gasteiger partial charge in [-0.05, 0) is 32.0 Å². The number of nitrogens with zero attached hydrogens (tertiary/aromatic N) is 1. The molecule has 0 aromatic rings. The van der Waals surface area contributed by atoms with E-state index in [1.54, 1.807) is 0 Å². The van der Waals surface area contributed by atoms with E-state index in [1.165, 1.54) is 13.1 Å². The van der Waals surface area contributed by atoms with E-state index in [0.717, 1.165) is 32.0 Å². The number of nitrogens with two attached hydrogens (primary N) is 2. The highest BCUT2D eigenvalue weighted by molar-refractivity contribution is 4.79. The van der Waals surface area contributed by atoms with Crippen molar-refractivity contribution in [2.24, 2.45) is 17.4 Å². The van der Waals surface area contributed by atoms with E-state index in [-0.39, 0.29) is 0 Å². The molecule has 0 amide bonds. The average molecular weight is 143 g/mol. The first kappa shape index (κ1) is 7.98. The lowest BCUT2D eigenvalue weighted by molar-refractivity contribution is 0.106. The summed E-state index contributed by atoms with van der Waals surface area (Å²) in [5.41, 5.74) is 10.8. The third kappa shape index (κ3) is 1.94. The van der Waals surface area contributed by atoms with Crippen LogP contribution in [0.5, 0.6) is 0 Å². The second-order valence-corrected chi connectivity index (χ2v) is 3.00. The first-order chi connectivity index (χ1) is 4.86. The molecule has 4 N–H and O–H groups in total. The van der Waals surface area contributed by atoms with E-state index in [9.17, 15) is 0 Å². The van der Waals surface area contributed by atoms with Crippen molar-refractivity contribution in [1.82, 2.24) is 4.90 Å². The van der Waals surface area contributed by atoms with Crippen LogP contribution in [0.25, 0.3) is 0 Å². The summed E-state index contributed by atoms with van der Waals surface area (Å²) in [7, 11) is 0. The van der Waals surface area contributed by atoms with Gasteiger partial charge in [0.15, 0.2) is 0 Å². The molecule has 0 unspecified atom stereocenters. The third-order valence-corrected chi connectivity index (χ3v) is 2.04. The molecule has 1 aliphatic rings. The minimum absolute atomic E-state index is 0.762. The fourth-order valence-electron chi connectivity index (χ4n) is 1.32. The van der Waals surface area contributed by atoms with Crippen molar-refractivity contribution in [1.29, 1.82) is 0 Å². The predicted molar refractivity (Wildman–Crippen MR) is 42.7 cm³/mol. The summed E-state index contributed by atoms with van der Waals surface area (Å²) in [6.45, 7) is 5.20. The Balaban J connectivity index is 1.93. The maximum atomic E-state index is 5.47. The van der Waals surface area contributed by atoms with Gasteiger partial charge in [-0.2, -0.15) is 0 Å². The van der Waals surface area contributed by atoms with Crippen molar-refractivity contribution >= 4 is 0 Å². The second-order valence-electron chi connectivity index (χ2n) is 3.00. The van der Waals surface area contributed by atoms with Crippen LogP contribution in [0.3, 0.4) is 0 Å². The van der Waals surface area contributed by atoms with Crippen molar-refractivity contribution in [3.05, 3.63) is 0 Å². The van der Waals surface area contributed by atoms with E-state index < -0.39 is 0 Å². The smallest absolute Gasteiger partial charge is 0.00341 e. The number of rotatable bonds is 4. The fraction of sp³-hybridized carbons (Fsp3) is 1.00. The molecule has 0 spiro atoms. The van der Waals surface area contributed by atoms with E-state index in [2.05, 4.69) is 4.90 Å². The lowest BCUT2D eigenvalue weighted by Crippen LogP contribution is -2.50. The third-order valence-electron chi connectivity index (χ3n) is 2.04. The first-order valence-electron chi connectivity index (χ1n) is 3.99. The van der Waals surface area contributed by atoms with Gasteiger partial charge in [0.1, 0.15) is 0 Å². The Bertz CT molecular complexity index is 86.1.